The van der Waals surface area contributed by atoms with E-state index in [0.717, 1.165) is 0 Å². The number of hydrogen-bond donors (Lipinski definition) is 2. The van der Waals surface area contributed by atoms with Crippen LogP contribution in [-0.4, -0.2) is 22.2 Å². The van der Waals surface area contributed by atoms with Crippen molar-refractivity contribution in [2.24, 2.45) is 17.3 Å². The second-order valence-electron chi connectivity index (χ2n) is 3.94. The summed E-state index contributed by atoms with van der Waals surface area (Å²) in [5, 5.41) is 17.6. The number of rotatable bonds is 4. The van der Waals surface area contributed by atoms with Crippen molar-refractivity contribution in [3.05, 3.63) is 0 Å². The van der Waals surface area contributed by atoms with E-state index < -0.39 is 29.2 Å². The molecule has 0 aliphatic carbocycles. The van der Waals surface area contributed by atoms with Gasteiger partial charge in [0.25, 0.3) is 0 Å². The van der Waals surface area contributed by atoms with Crippen molar-refractivity contribution in [3.63, 3.8) is 0 Å². The lowest BCUT2D eigenvalue weighted by molar-refractivity contribution is -0.154. The van der Waals surface area contributed by atoms with Gasteiger partial charge in [-0.3, -0.25) is 9.59 Å². The van der Waals surface area contributed by atoms with Crippen LogP contribution < -0.4 is 0 Å². The molecule has 0 aliphatic rings. The Hall–Kier alpha value is -1.06. The number of carboxylic acid groups (broad SMARTS) is 2. The predicted octanol–water partition coefficient (Wildman–Crippen LogP) is 1.45. The van der Waals surface area contributed by atoms with E-state index in [0.29, 0.717) is 0 Å². The van der Waals surface area contributed by atoms with Gasteiger partial charge in [-0.05, 0) is 19.8 Å². The van der Waals surface area contributed by atoms with Crippen LogP contribution in [0.25, 0.3) is 0 Å². The summed E-state index contributed by atoms with van der Waals surface area (Å²) in [6, 6.07) is 0. The molecule has 0 heterocycles. The van der Waals surface area contributed by atoms with Gasteiger partial charge in [-0.25, -0.2) is 0 Å². The summed E-state index contributed by atoms with van der Waals surface area (Å²) in [6.07, 6.45) is 0. The average Bonchev–Trinajstić information content (AvgIpc) is 2.01. The third-order valence-corrected chi connectivity index (χ3v) is 2.83. The molecule has 0 fully saturated rings. The SMILES string of the molecule is CC(C(=O)O)C(C)C(C)(C)C(=O)O. The van der Waals surface area contributed by atoms with Gasteiger partial charge in [0.15, 0.2) is 0 Å². The molecule has 0 spiro atoms. The Kier molecular flexibility index (Phi) is 3.46. The van der Waals surface area contributed by atoms with Crippen LogP contribution in [0.4, 0.5) is 0 Å². The first-order valence-electron chi connectivity index (χ1n) is 4.17. The zero-order valence-corrected chi connectivity index (χ0v) is 8.37. The van der Waals surface area contributed by atoms with Gasteiger partial charge in [0, 0.05) is 0 Å². The van der Waals surface area contributed by atoms with Crippen LogP contribution >= 0.6 is 0 Å². The molecule has 0 bridgehead atoms. The van der Waals surface area contributed by atoms with E-state index in [1.807, 2.05) is 0 Å². The van der Waals surface area contributed by atoms with E-state index in [-0.39, 0.29) is 0 Å². The number of carbonyl (C=O) groups is 2. The van der Waals surface area contributed by atoms with E-state index in [1.165, 1.54) is 6.92 Å². The molecule has 0 aromatic heterocycles. The first kappa shape index (κ1) is 11.9. The molecule has 2 unspecified atom stereocenters. The molecule has 0 aromatic carbocycles. The summed E-state index contributed by atoms with van der Waals surface area (Å²) < 4.78 is 0. The third-order valence-electron chi connectivity index (χ3n) is 2.83. The Bertz CT molecular complexity index is 220. The molecule has 0 aromatic rings. The van der Waals surface area contributed by atoms with Gasteiger partial charge in [0.1, 0.15) is 0 Å². The highest BCUT2D eigenvalue weighted by Gasteiger charge is 2.39. The van der Waals surface area contributed by atoms with Crippen molar-refractivity contribution in [2.45, 2.75) is 27.7 Å². The highest BCUT2D eigenvalue weighted by molar-refractivity contribution is 5.76. The van der Waals surface area contributed by atoms with E-state index in [4.69, 9.17) is 10.2 Å². The van der Waals surface area contributed by atoms with Crippen molar-refractivity contribution in [3.8, 4) is 0 Å². The minimum Gasteiger partial charge on any atom is -0.481 e. The second-order valence-corrected chi connectivity index (χ2v) is 3.94. The molecule has 13 heavy (non-hydrogen) atoms. The highest BCUT2D eigenvalue weighted by Crippen LogP contribution is 2.32. The van der Waals surface area contributed by atoms with Crippen LogP contribution in [0.15, 0.2) is 0 Å². The second kappa shape index (κ2) is 3.77. The lowest BCUT2D eigenvalue weighted by atomic mass is 9.73. The third kappa shape index (κ3) is 2.44. The molecule has 4 heteroatoms. The van der Waals surface area contributed by atoms with Crippen LogP contribution in [0.3, 0.4) is 0 Å². The maximum absolute atomic E-state index is 10.8. The van der Waals surface area contributed by atoms with E-state index in [2.05, 4.69) is 0 Å². The van der Waals surface area contributed by atoms with E-state index in [9.17, 15) is 9.59 Å². The zero-order chi connectivity index (χ0) is 10.8. The fourth-order valence-corrected chi connectivity index (χ4v) is 1.03. The molecule has 76 valence electrons. The van der Waals surface area contributed by atoms with Gasteiger partial charge < -0.3 is 10.2 Å². The summed E-state index contributed by atoms with van der Waals surface area (Å²) in [7, 11) is 0. The highest BCUT2D eigenvalue weighted by atomic mass is 16.4. The molecule has 0 radical (unpaired) electrons. The normalized spacial score (nSPS) is 16.3. The smallest absolute Gasteiger partial charge is 0.309 e. The molecule has 4 nitrogen and oxygen atoms in total. The zero-order valence-electron chi connectivity index (χ0n) is 8.37. The Morgan fingerprint density at radius 3 is 1.77 bits per heavy atom. The van der Waals surface area contributed by atoms with E-state index >= 15 is 0 Å². The summed E-state index contributed by atoms with van der Waals surface area (Å²) in [5.41, 5.74) is -1.00. The van der Waals surface area contributed by atoms with Crippen molar-refractivity contribution >= 4 is 11.9 Å². The quantitative estimate of drug-likeness (QED) is 0.700. The molecular weight excluding hydrogens is 172 g/mol. The molecule has 0 amide bonds. The fourth-order valence-electron chi connectivity index (χ4n) is 1.03. The molecule has 0 rings (SSSR count). The minimum atomic E-state index is -1.00. The monoisotopic (exact) mass is 188 g/mol. The summed E-state index contributed by atoms with van der Waals surface area (Å²) in [6.45, 7) is 6.25. The van der Waals surface area contributed by atoms with Crippen LogP contribution in [0.1, 0.15) is 27.7 Å². The number of hydrogen-bond acceptors (Lipinski definition) is 2. The lowest BCUT2D eigenvalue weighted by Gasteiger charge is -2.29. The minimum absolute atomic E-state index is 0.400. The van der Waals surface area contributed by atoms with Crippen LogP contribution in [0, 0.1) is 17.3 Å². The average molecular weight is 188 g/mol. The Morgan fingerprint density at radius 1 is 1.15 bits per heavy atom. The van der Waals surface area contributed by atoms with Gasteiger partial charge in [-0.2, -0.15) is 0 Å². The molecular formula is C9H16O4. The van der Waals surface area contributed by atoms with Crippen molar-refractivity contribution in [1.29, 1.82) is 0 Å². The van der Waals surface area contributed by atoms with Crippen molar-refractivity contribution < 1.29 is 19.8 Å². The Morgan fingerprint density at radius 2 is 1.54 bits per heavy atom. The number of carboxylic acids is 2. The van der Waals surface area contributed by atoms with Crippen LogP contribution in [0.2, 0.25) is 0 Å². The van der Waals surface area contributed by atoms with E-state index in [1.54, 1.807) is 20.8 Å². The molecule has 0 saturated carbocycles. The first-order valence-corrected chi connectivity index (χ1v) is 4.17. The fraction of sp³-hybridized carbons (Fsp3) is 0.778. The van der Waals surface area contributed by atoms with Gasteiger partial charge in [-0.15, -0.1) is 0 Å². The first-order chi connectivity index (χ1) is 5.71. The summed E-state index contributed by atoms with van der Waals surface area (Å²) in [5.74, 6) is -2.97. The Labute approximate surface area is 77.6 Å². The van der Waals surface area contributed by atoms with Gasteiger partial charge >= 0.3 is 11.9 Å². The lowest BCUT2D eigenvalue weighted by Crippen LogP contribution is -2.37. The molecule has 0 aliphatic heterocycles. The largest absolute Gasteiger partial charge is 0.481 e. The van der Waals surface area contributed by atoms with Crippen LogP contribution in [0.5, 0.6) is 0 Å². The van der Waals surface area contributed by atoms with Crippen molar-refractivity contribution in [1.82, 2.24) is 0 Å². The van der Waals surface area contributed by atoms with Crippen LogP contribution in [-0.2, 0) is 9.59 Å². The predicted molar refractivity (Wildman–Crippen MR) is 47.4 cm³/mol. The van der Waals surface area contributed by atoms with Gasteiger partial charge in [0.05, 0.1) is 11.3 Å². The molecule has 2 atom stereocenters. The maximum Gasteiger partial charge on any atom is 0.309 e. The van der Waals surface area contributed by atoms with Gasteiger partial charge in [0.2, 0.25) is 0 Å². The van der Waals surface area contributed by atoms with Crippen molar-refractivity contribution in [2.75, 3.05) is 0 Å². The molecule has 2 N–H and O–H groups in total. The van der Waals surface area contributed by atoms with Gasteiger partial charge in [-0.1, -0.05) is 13.8 Å². The topological polar surface area (TPSA) is 74.6 Å². The Balaban J connectivity index is 4.67. The standard InChI is InChI=1S/C9H16O4/c1-5(7(10)11)6(2)9(3,4)8(12)13/h5-6H,1-4H3,(H,10,11)(H,12,13). The number of aliphatic carboxylic acids is 2. The summed E-state index contributed by atoms with van der Waals surface area (Å²) >= 11 is 0. The molecule has 0 saturated heterocycles. The maximum atomic E-state index is 10.8. The summed E-state index contributed by atoms with van der Waals surface area (Å²) in [4.78, 5) is 21.4.